The number of rotatable bonds is 6. The molecule has 0 aliphatic carbocycles. The minimum Gasteiger partial charge on any atom is -0.497 e. The molecule has 5 nitrogen and oxygen atoms in total. The normalized spacial score (nSPS) is 10.6. The van der Waals surface area contributed by atoms with Gasteiger partial charge in [-0.2, -0.15) is 0 Å². The molecule has 0 aliphatic heterocycles. The molecule has 0 amide bonds. The van der Waals surface area contributed by atoms with Gasteiger partial charge in [0, 0.05) is 32.1 Å². The molecule has 2 N–H and O–H groups in total. The van der Waals surface area contributed by atoms with Crippen LogP contribution in [0.2, 0.25) is 0 Å². The molecule has 3 aromatic rings. The summed E-state index contributed by atoms with van der Waals surface area (Å²) in [6.07, 6.45) is 1.85. The monoisotopic (exact) mass is 334 g/mol. The Bertz CT molecular complexity index is 866. The predicted molar refractivity (Wildman–Crippen MR) is 104 cm³/mol. The van der Waals surface area contributed by atoms with E-state index in [1.165, 1.54) is 0 Å². The second-order valence-electron chi connectivity index (χ2n) is 6.02. The van der Waals surface area contributed by atoms with Crippen LogP contribution in [-0.4, -0.2) is 38.7 Å². The number of anilines is 2. The summed E-state index contributed by atoms with van der Waals surface area (Å²) in [5.41, 5.74) is 4.88. The SMILES string of the molecule is COc1ccc2c(N(C)C)c(NCc3ccc([B]O)cc3)cnc2c1. The highest BCUT2D eigenvalue weighted by molar-refractivity contribution is 6.45. The van der Waals surface area contributed by atoms with E-state index in [9.17, 15) is 0 Å². The number of benzene rings is 2. The first-order valence-corrected chi connectivity index (χ1v) is 8.06. The van der Waals surface area contributed by atoms with Crippen LogP contribution in [-0.2, 0) is 6.54 Å². The van der Waals surface area contributed by atoms with Crippen molar-refractivity contribution in [2.45, 2.75) is 6.54 Å². The van der Waals surface area contributed by atoms with Crippen LogP contribution in [0.4, 0.5) is 11.4 Å². The lowest BCUT2D eigenvalue weighted by atomic mass is 9.88. The molecule has 1 heterocycles. The number of methoxy groups -OCH3 is 1. The fourth-order valence-corrected chi connectivity index (χ4v) is 2.82. The Kier molecular flexibility index (Phi) is 5.09. The van der Waals surface area contributed by atoms with Gasteiger partial charge in [0.2, 0.25) is 0 Å². The summed E-state index contributed by atoms with van der Waals surface area (Å²) in [5, 5.41) is 13.5. The number of ether oxygens (including phenoxy) is 1. The van der Waals surface area contributed by atoms with E-state index in [1.807, 2.05) is 62.8 Å². The lowest BCUT2D eigenvalue weighted by Gasteiger charge is -2.21. The first-order valence-electron chi connectivity index (χ1n) is 8.06. The van der Waals surface area contributed by atoms with Crippen molar-refractivity contribution in [3.63, 3.8) is 0 Å². The number of fused-ring (bicyclic) bond motifs is 1. The lowest BCUT2D eigenvalue weighted by Crippen LogP contribution is -2.14. The Labute approximate surface area is 148 Å². The molecule has 1 aromatic heterocycles. The maximum absolute atomic E-state index is 9.01. The van der Waals surface area contributed by atoms with Crippen molar-refractivity contribution < 1.29 is 9.76 Å². The fraction of sp³-hybridized carbons (Fsp3) is 0.211. The minimum atomic E-state index is 0.676. The number of hydrogen-bond acceptors (Lipinski definition) is 5. The quantitative estimate of drug-likeness (QED) is 0.677. The molecular weight excluding hydrogens is 313 g/mol. The van der Waals surface area contributed by atoms with E-state index < -0.39 is 0 Å². The Morgan fingerprint density at radius 3 is 2.56 bits per heavy atom. The highest BCUT2D eigenvalue weighted by atomic mass is 16.5. The van der Waals surface area contributed by atoms with Crippen LogP contribution in [0.25, 0.3) is 10.9 Å². The number of nitrogens with zero attached hydrogens (tertiary/aromatic N) is 2. The molecule has 0 spiro atoms. The summed E-state index contributed by atoms with van der Waals surface area (Å²) in [4.78, 5) is 6.65. The average molecular weight is 334 g/mol. The number of nitrogens with one attached hydrogen (secondary N) is 1. The molecule has 0 saturated carbocycles. The molecule has 0 fully saturated rings. The molecule has 6 heteroatoms. The lowest BCUT2D eigenvalue weighted by molar-refractivity contribution is 0.415. The first kappa shape index (κ1) is 17.1. The van der Waals surface area contributed by atoms with E-state index in [2.05, 4.69) is 15.2 Å². The third-order valence-corrected chi connectivity index (χ3v) is 4.11. The van der Waals surface area contributed by atoms with E-state index in [4.69, 9.17) is 9.76 Å². The van der Waals surface area contributed by atoms with Crippen LogP contribution in [0.1, 0.15) is 5.56 Å². The number of hydrogen-bond donors (Lipinski definition) is 2. The van der Waals surface area contributed by atoms with Crippen LogP contribution in [0.5, 0.6) is 5.75 Å². The molecule has 1 radical (unpaired) electrons. The molecule has 25 heavy (non-hydrogen) atoms. The topological polar surface area (TPSA) is 57.6 Å². The zero-order chi connectivity index (χ0) is 17.8. The van der Waals surface area contributed by atoms with Crippen molar-refractivity contribution in [2.75, 3.05) is 31.4 Å². The van der Waals surface area contributed by atoms with E-state index in [-0.39, 0.29) is 0 Å². The van der Waals surface area contributed by atoms with Crippen molar-refractivity contribution in [2.24, 2.45) is 0 Å². The van der Waals surface area contributed by atoms with Gasteiger partial charge in [-0.3, -0.25) is 4.98 Å². The summed E-state index contributed by atoms with van der Waals surface area (Å²) >= 11 is 0. The fourth-order valence-electron chi connectivity index (χ4n) is 2.82. The van der Waals surface area contributed by atoms with E-state index in [0.29, 0.717) is 6.54 Å². The van der Waals surface area contributed by atoms with Crippen LogP contribution in [0.3, 0.4) is 0 Å². The summed E-state index contributed by atoms with van der Waals surface area (Å²) in [6.45, 7) is 0.676. The van der Waals surface area contributed by atoms with Gasteiger partial charge >= 0.3 is 7.48 Å². The molecule has 0 aliphatic rings. The van der Waals surface area contributed by atoms with Gasteiger partial charge in [0.15, 0.2) is 0 Å². The van der Waals surface area contributed by atoms with Crippen LogP contribution in [0, 0.1) is 0 Å². The van der Waals surface area contributed by atoms with Crippen molar-refractivity contribution in [3.05, 3.63) is 54.2 Å². The number of aromatic nitrogens is 1. The van der Waals surface area contributed by atoms with Crippen molar-refractivity contribution in [1.82, 2.24) is 4.98 Å². The molecule has 127 valence electrons. The third-order valence-electron chi connectivity index (χ3n) is 4.11. The van der Waals surface area contributed by atoms with Gasteiger partial charge in [0.1, 0.15) is 5.75 Å². The molecule has 0 atom stereocenters. The smallest absolute Gasteiger partial charge is 0.326 e. The highest BCUT2D eigenvalue weighted by Crippen LogP contribution is 2.34. The van der Waals surface area contributed by atoms with Gasteiger partial charge in [-0.15, -0.1) is 0 Å². The molecule has 2 aromatic carbocycles. The predicted octanol–water partition coefficient (Wildman–Crippen LogP) is 2.16. The summed E-state index contributed by atoms with van der Waals surface area (Å²) in [6, 6.07) is 13.7. The third kappa shape index (κ3) is 3.69. The molecule has 0 saturated heterocycles. The van der Waals surface area contributed by atoms with Crippen LogP contribution in [0.15, 0.2) is 48.7 Å². The highest BCUT2D eigenvalue weighted by Gasteiger charge is 2.11. The molecular formula is C19H21BN3O2. The summed E-state index contributed by atoms with van der Waals surface area (Å²) < 4.78 is 5.29. The Morgan fingerprint density at radius 1 is 1.16 bits per heavy atom. The average Bonchev–Trinajstić information content (AvgIpc) is 2.65. The van der Waals surface area contributed by atoms with Gasteiger partial charge in [-0.25, -0.2) is 0 Å². The van der Waals surface area contributed by atoms with E-state index >= 15 is 0 Å². The second kappa shape index (κ2) is 7.44. The van der Waals surface area contributed by atoms with Crippen molar-refractivity contribution in [3.8, 4) is 5.75 Å². The zero-order valence-electron chi connectivity index (χ0n) is 14.7. The van der Waals surface area contributed by atoms with Gasteiger partial charge in [0.05, 0.1) is 30.2 Å². The van der Waals surface area contributed by atoms with Gasteiger partial charge in [0.25, 0.3) is 0 Å². The van der Waals surface area contributed by atoms with Crippen molar-refractivity contribution >= 4 is 35.2 Å². The standard InChI is InChI=1S/C19H21BN3O2/c1-23(2)19-16-9-8-15(25-3)10-17(16)22-12-18(19)21-11-13-4-6-14(20-24)7-5-13/h4-10,12,21,24H,11H2,1-3H3. The zero-order valence-corrected chi connectivity index (χ0v) is 14.7. The van der Waals surface area contributed by atoms with E-state index in [0.717, 1.165) is 46.5 Å². The number of pyridine rings is 1. The van der Waals surface area contributed by atoms with Gasteiger partial charge < -0.3 is 20.0 Å². The molecule has 0 bridgehead atoms. The Morgan fingerprint density at radius 2 is 1.92 bits per heavy atom. The summed E-state index contributed by atoms with van der Waals surface area (Å²) in [5.74, 6) is 0.797. The van der Waals surface area contributed by atoms with Crippen LogP contribution >= 0.6 is 0 Å². The maximum Gasteiger partial charge on any atom is 0.326 e. The largest absolute Gasteiger partial charge is 0.497 e. The molecule has 3 rings (SSSR count). The summed E-state index contributed by atoms with van der Waals surface area (Å²) in [7, 11) is 6.80. The van der Waals surface area contributed by atoms with E-state index in [1.54, 1.807) is 7.11 Å². The Balaban J connectivity index is 1.90. The second-order valence-corrected chi connectivity index (χ2v) is 6.02. The van der Waals surface area contributed by atoms with Gasteiger partial charge in [-0.1, -0.05) is 29.7 Å². The van der Waals surface area contributed by atoms with Crippen molar-refractivity contribution in [1.29, 1.82) is 0 Å². The Hall–Kier alpha value is -2.73. The maximum atomic E-state index is 9.01. The first-order chi connectivity index (χ1) is 12.1. The minimum absolute atomic E-state index is 0.676. The molecule has 0 unspecified atom stereocenters. The van der Waals surface area contributed by atoms with Crippen LogP contribution < -0.4 is 20.4 Å². The van der Waals surface area contributed by atoms with Gasteiger partial charge in [-0.05, 0) is 17.7 Å².